The average Bonchev–Trinajstić information content (AvgIpc) is 1.85. The molecule has 0 saturated heterocycles. The summed E-state index contributed by atoms with van der Waals surface area (Å²) < 4.78 is 0. The van der Waals surface area contributed by atoms with Crippen molar-refractivity contribution >= 4 is 5.97 Å². The van der Waals surface area contributed by atoms with E-state index < -0.39 is 5.97 Å². The van der Waals surface area contributed by atoms with E-state index in [9.17, 15) is 4.79 Å². The molecule has 0 aliphatic carbocycles. The van der Waals surface area contributed by atoms with Crippen molar-refractivity contribution < 1.29 is 14.7 Å². The molecule has 0 saturated carbocycles. The van der Waals surface area contributed by atoms with Gasteiger partial charge in [0.05, 0.1) is 13.0 Å². The standard InChI is InChI=1S/C5H11NO3/c1-2-6-9-5(8)3-4-7/h6-7H,2-4H2,1H3. The maximum Gasteiger partial charge on any atom is 0.327 e. The van der Waals surface area contributed by atoms with Gasteiger partial charge in [-0.25, -0.2) is 0 Å². The van der Waals surface area contributed by atoms with Gasteiger partial charge in [-0.3, -0.25) is 4.79 Å². The Labute approximate surface area is 53.8 Å². The van der Waals surface area contributed by atoms with Crippen LogP contribution in [0.15, 0.2) is 0 Å². The quantitative estimate of drug-likeness (QED) is 0.504. The zero-order chi connectivity index (χ0) is 7.11. The highest BCUT2D eigenvalue weighted by molar-refractivity contribution is 5.68. The van der Waals surface area contributed by atoms with E-state index in [2.05, 4.69) is 10.3 Å². The molecule has 0 bridgehead atoms. The van der Waals surface area contributed by atoms with Crippen molar-refractivity contribution in [2.45, 2.75) is 13.3 Å². The normalized spacial score (nSPS) is 9.11. The summed E-state index contributed by atoms with van der Waals surface area (Å²) in [6.07, 6.45) is 0.0486. The molecule has 0 radical (unpaired) electrons. The first-order valence-electron chi connectivity index (χ1n) is 2.84. The van der Waals surface area contributed by atoms with Crippen LogP contribution < -0.4 is 5.48 Å². The minimum Gasteiger partial charge on any atom is -0.396 e. The lowest BCUT2D eigenvalue weighted by molar-refractivity contribution is -0.151. The van der Waals surface area contributed by atoms with Crippen molar-refractivity contribution in [3.05, 3.63) is 0 Å². The van der Waals surface area contributed by atoms with Crippen LogP contribution in [-0.4, -0.2) is 24.2 Å². The van der Waals surface area contributed by atoms with Gasteiger partial charge in [0, 0.05) is 6.54 Å². The first-order valence-corrected chi connectivity index (χ1v) is 2.84. The van der Waals surface area contributed by atoms with Crippen LogP contribution in [-0.2, 0) is 9.63 Å². The predicted molar refractivity (Wildman–Crippen MR) is 31.5 cm³/mol. The minimum atomic E-state index is -0.431. The summed E-state index contributed by atoms with van der Waals surface area (Å²) in [7, 11) is 0. The van der Waals surface area contributed by atoms with Crippen LogP contribution in [0.1, 0.15) is 13.3 Å². The minimum absolute atomic E-state index is 0.0486. The van der Waals surface area contributed by atoms with Crippen LogP contribution in [0, 0.1) is 0 Å². The summed E-state index contributed by atoms with van der Waals surface area (Å²) in [5.74, 6) is -0.431. The molecule has 54 valence electrons. The van der Waals surface area contributed by atoms with E-state index in [1.54, 1.807) is 0 Å². The second kappa shape index (κ2) is 5.53. The Kier molecular flexibility index (Phi) is 5.15. The van der Waals surface area contributed by atoms with Gasteiger partial charge in [0.25, 0.3) is 0 Å². The maximum atomic E-state index is 10.4. The van der Waals surface area contributed by atoms with Gasteiger partial charge in [-0.05, 0) is 6.92 Å². The number of hydroxylamine groups is 1. The number of hydrogen-bond donors (Lipinski definition) is 2. The molecule has 0 aromatic rings. The number of nitrogens with one attached hydrogen (secondary N) is 1. The van der Waals surface area contributed by atoms with Gasteiger partial charge in [0.2, 0.25) is 0 Å². The molecule has 9 heavy (non-hydrogen) atoms. The Morgan fingerprint density at radius 2 is 2.44 bits per heavy atom. The molecule has 0 rings (SSSR count). The molecule has 0 unspecified atom stereocenters. The summed E-state index contributed by atoms with van der Waals surface area (Å²) in [6, 6.07) is 0. The third-order valence-electron chi connectivity index (χ3n) is 0.646. The Balaban J connectivity index is 3.06. The summed E-state index contributed by atoms with van der Waals surface area (Å²) in [6.45, 7) is 2.23. The lowest BCUT2D eigenvalue weighted by Gasteiger charge is -1.99. The van der Waals surface area contributed by atoms with Crippen molar-refractivity contribution in [2.75, 3.05) is 13.2 Å². The zero-order valence-corrected chi connectivity index (χ0v) is 5.39. The van der Waals surface area contributed by atoms with Crippen molar-refractivity contribution in [1.29, 1.82) is 0 Å². The number of aliphatic hydroxyl groups is 1. The molecule has 0 aliphatic heterocycles. The number of hydrogen-bond acceptors (Lipinski definition) is 4. The SMILES string of the molecule is CCNOC(=O)CCO. The first kappa shape index (κ1) is 8.39. The average molecular weight is 133 g/mol. The summed E-state index contributed by atoms with van der Waals surface area (Å²) in [5.41, 5.74) is 2.37. The maximum absolute atomic E-state index is 10.4. The van der Waals surface area contributed by atoms with Crippen LogP contribution in [0.5, 0.6) is 0 Å². The van der Waals surface area contributed by atoms with Crippen molar-refractivity contribution in [1.82, 2.24) is 5.48 Å². The van der Waals surface area contributed by atoms with Crippen molar-refractivity contribution in [2.24, 2.45) is 0 Å². The Bertz CT molecular complexity index is 84.3. The predicted octanol–water partition coefficient (Wildman–Crippen LogP) is -0.564. The molecule has 4 nitrogen and oxygen atoms in total. The molecular weight excluding hydrogens is 122 g/mol. The summed E-state index contributed by atoms with van der Waals surface area (Å²) >= 11 is 0. The first-order chi connectivity index (χ1) is 4.31. The van der Waals surface area contributed by atoms with Gasteiger partial charge in [-0.2, -0.15) is 5.48 Å². The molecule has 4 heteroatoms. The molecule has 0 heterocycles. The molecule has 0 fully saturated rings. The van der Waals surface area contributed by atoms with E-state index in [-0.39, 0.29) is 13.0 Å². The van der Waals surface area contributed by atoms with Crippen LogP contribution in [0.2, 0.25) is 0 Å². The Morgan fingerprint density at radius 3 is 2.89 bits per heavy atom. The van der Waals surface area contributed by atoms with Gasteiger partial charge >= 0.3 is 5.97 Å². The van der Waals surface area contributed by atoms with Crippen molar-refractivity contribution in [3.63, 3.8) is 0 Å². The summed E-state index contributed by atoms with van der Waals surface area (Å²) in [4.78, 5) is 14.7. The largest absolute Gasteiger partial charge is 0.396 e. The van der Waals surface area contributed by atoms with Crippen LogP contribution in [0.4, 0.5) is 0 Å². The molecule has 0 aliphatic rings. The van der Waals surface area contributed by atoms with Crippen LogP contribution in [0.25, 0.3) is 0 Å². The Morgan fingerprint density at radius 1 is 1.78 bits per heavy atom. The van der Waals surface area contributed by atoms with E-state index in [0.717, 1.165) is 0 Å². The highest BCUT2D eigenvalue weighted by atomic mass is 16.7. The monoisotopic (exact) mass is 133 g/mol. The molecule has 0 amide bonds. The van der Waals surface area contributed by atoms with Crippen molar-refractivity contribution in [3.8, 4) is 0 Å². The van der Waals surface area contributed by atoms with E-state index in [1.165, 1.54) is 0 Å². The molecular formula is C5H11NO3. The van der Waals surface area contributed by atoms with Gasteiger partial charge in [-0.1, -0.05) is 0 Å². The van der Waals surface area contributed by atoms with Crippen LogP contribution >= 0.6 is 0 Å². The van der Waals surface area contributed by atoms with E-state index in [4.69, 9.17) is 5.11 Å². The fourth-order valence-corrected chi connectivity index (χ4v) is 0.295. The number of rotatable bonds is 4. The summed E-state index contributed by atoms with van der Waals surface area (Å²) in [5, 5.41) is 8.21. The molecule has 2 N–H and O–H groups in total. The molecule has 0 spiro atoms. The third kappa shape index (κ3) is 5.26. The Hall–Kier alpha value is -0.610. The van der Waals surface area contributed by atoms with Gasteiger partial charge in [-0.15, -0.1) is 0 Å². The number of carbonyl (C=O) groups is 1. The lowest BCUT2D eigenvalue weighted by atomic mass is 10.5. The van der Waals surface area contributed by atoms with Crippen LogP contribution in [0.3, 0.4) is 0 Å². The second-order valence-corrected chi connectivity index (χ2v) is 1.45. The highest BCUT2D eigenvalue weighted by Gasteiger charge is 1.98. The van der Waals surface area contributed by atoms with E-state index >= 15 is 0 Å². The molecule has 0 aromatic heterocycles. The molecule has 0 aromatic carbocycles. The van der Waals surface area contributed by atoms with E-state index in [1.807, 2.05) is 6.92 Å². The van der Waals surface area contributed by atoms with Gasteiger partial charge in [0.15, 0.2) is 0 Å². The second-order valence-electron chi connectivity index (χ2n) is 1.45. The lowest BCUT2D eigenvalue weighted by Crippen LogP contribution is -2.19. The highest BCUT2D eigenvalue weighted by Crippen LogP contribution is 1.79. The number of carbonyl (C=O) groups excluding carboxylic acids is 1. The topological polar surface area (TPSA) is 58.6 Å². The smallest absolute Gasteiger partial charge is 0.327 e. The fourth-order valence-electron chi connectivity index (χ4n) is 0.295. The zero-order valence-electron chi connectivity index (χ0n) is 5.39. The fraction of sp³-hybridized carbons (Fsp3) is 0.800. The van der Waals surface area contributed by atoms with Gasteiger partial charge < -0.3 is 9.94 Å². The van der Waals surface area contributed by atoms with E-state index in [0.29, 0.717) is 6.54 Å². The number of aliphatic hydroxyl groups excluding tert-OH is 1. The molecule has 0 atom stereocenters. The third-order valence-corrected chi connectivity index (χ3v) is 0.646. The van der Waals surface area contributed by atoms with Gasteiger partial charge in [0.1, 0.15) is 0 Å².